The van der Waals surface area contributed by atoms with Crippen molar-refractivity contribution in [1.82, 2.24) is 0 Å². The molecular weight excluding hydrogens is 572 g/mol. The number of rotatable bonds is 10. The van der Waals surface area contributed by atoms with Gasteiger partial charge < -0.3 is 58.7 Å². The Hall–Kier alpha value is -2.14. The Morgan fingerprint density at radius 2 is 1.79 bits per heavy atom. The molecule has 14 heteroatoms. The van der Waals surface area contributed by atoms with Crippen LogP contribution in [-0.4, -0.2) is 120 Å². The fourth-order valence-corrected chi connectivity index (χ4v) is 6.90. The van der Waals surface area contributed by atoms with Crippen LogP contribution >= 0.6 is 0 Å². The second kappa shape index (κ2) is 13.5. The first-order valence-electron chi connectivity index (χ1n) is 14.7. The van der Waals surface area contributed by atoms with Gasteiger partial charge in [-0.3, -0.25) is 4.79 Å². The lowest BCUT2D eigenvalue weighted by atomic mass is 9.79. The molecule has 0 aromatic rings. The quantitative estimate of drug-likeness (QED) is 0.113. The number of carbonyl (C=O) groups is 2. The van der Waals surface area contributed by atoms with Crippen LogP contribution in [0, 0.1) is 35.5 Å². The van der Waals surface area contributed by atoms with Gasteiger partial charge in [-0.05, 0) is 37.0 Å². The standard InChI is InChI=1S/C29H42O14/c1-4-14-15(6-5-13-9-38-13)18(11-40-28(14)43-29-24(33)23(32)22(31)20(8-30)42-29)25(34)41-19-7-16-17(12(19)2)10-39-27(36)21(16)26(35)37-3/h4,11-17,19-24,27-33,36H,1,5-10H2,2-3H3. The Kier molecular flexibility index (Phi) is 10.1. The van der Waals surface area contributed by atoms with Crippen LogP contribution in [0.2, 0.25) is 0 Å². The predicted octanol–water partition coefficient (Wildman–Crippen LogP) is -1.04. The molecule has 5 rings (SSSR count). The van der Waals surface area contributed by atoms with E-state index in [-0.39, 0.29) is 36.0 Å². The van der Waals surface area contributed by atoms with Crippen molar-refractivity contribution in [3.63, 3.8) is 0 Å². The third kappa shape index (κ3) is 6.49. The summed E-state index contributed by atoms with van der Waals surface area (Å²) < 4.78 is 38.9. The van der Waals surface area contributed by atoms with Crippen molar-refractivity contribution in [3.05, 3.63) is 24.5 Å². The molecule has 0 aromatic heterocycles. The summed E-state index contributed by atoms with van der Waals surface area (Å²) in [4.78, 5) is 26.1. The maximum Gasteiger partial charge on any atom is 0.337 e. The number of epoxide rings is 1. The van der Waals surface area contributed by atoms with Gasteiger partial charge in [-0.15, -0.1) is 6.58 Å². The number of hydrogen-bond acceptors (Lipinski definition) is 14. The Bertz CT molecular complexity index is 1040. The molecule has 3 saturated heterocycles. The summed E-state index contributed by atoms with van der Waals surface area (Å²) in [6.45, 7) is 6.05. The van der Waals surface area contributed by atoms with Crippen molar-refractivity contribution in [3.8, 4) is 0 Å². The van der Waals surface area contributed by atoms with Crippen LogP contribution in [0.15, 0.2) is 24.5 Å². The van der Waals surface area contributed by atoms with E-state index >= 15 is 0 Å². The van der Waals surface area contributed by atoms with Crippen molar-refractivity contribution in [1.29, 1.82) is 0 Å². The smallest absolute Gasteiger partial charge is 0.337 e. The summed E-state index contributed by atoms with van der Waals surface area (Å²) in [5, 5.41) is 50.6. The van der Waals surface area contributed by atoms with Crippen LogP contribution in [0.1, 0.15) is 26.2 Å². The molecule has 43 heavy (non-hydrogen) atoms. The van der Waals surface area contributed by atoms with Crippen LogP contribution in [0.5, 0.6) is 0 Å². The third-order valence-electron chi connectivity index (χ3n) is 9.61. The van der Waals surface area contributed by atoms with Gasteiger partial charge in [-0.1, -0.05) is 13.0 Å². The number of ether oxygens (including phenoxy) is 7. The highest BCUT2D eigenvalue weighted by Gasteiger charge is 2.54. The van der Waals surface area contributed by atoms with Crippen LogP contribution in [0.25, 0.3) is 0 Å². The number of esters is 2. The summed E-state index contributed by atoms with van der Waals surface area (Å²) in [5.41, 5.74) is 0.252. The van der Waals surface area contributed by atoms with Crippen molar-refractivity contribution in [2.45, 2.75) is 81.7 Å². The first kappa shape index (κ1) is 32.3. The number of carbonyl (C=O) groups excluding carboxylic acids is 2. The molecule has 4 heterocycles. The second-order valence-corrected chi connectivity index (χ2v) is 12.0. The molecule has 15 atom stereocenters. The Balaban J connectivity index is 1.31. The van der Waals surface area contributed by atoms with Gasteiger partial charge in [0.15, 0.2) is 12.6 Å². The van der Waals surface area contributed by atoms with E-state index in [0.717, 1.165) is 0 Å². The predicted molar refractivity (Wildman–Crippen MR) is 142 cm³/mol. The van der Waals surface area contributed by atoms with Gasteiger partial charge in [-0.25, -0.2) is 4.79 Å². The molecule has 5 N–H and O–H groups in total. The van der Waals surface area contributed by atoms with E-state index in [1.165, 1.54) is 13.4 Å². The molecule has 0 bridgehead atoms. The molecule has 1 saturated carbocycles. The monoisotopic (exact) mass is 614 g/mol. The van der Waals surface area contributed by atoms with Crippen molar-refractivity contribution < 1.29 is 68.3 Å². The molecule has 1 aliphatic carbocycles. The second-order valence-electron chi connectivity index (χ2n) is 12.0. The molecule has 0 aromatic carbocycles. The fraction of sp³-hybridized carbons (Fsp3) is 0.793. The fourth-order valence-electron chi connectivity index (χ4n) is 6.90. The molecule has 0 spiro atoms. The Morgan fingerprint density at radius 3 is 2.44 bits per heavy atom. The Morgan fingerprint density at radius 1 is 1.05 bits per heavy atom. The number of fused-ring (bicyclic) bond motifs is 1. The highest BCUT2D eigenvalue weighted by Crippen LogP contribution is 2.48. The summed E-state index contributed by atoms with van der Waals surface area (Å²) >= 11 is 0. The zero-order valence-corrected chi connectivity index (χ0v) is 24.2. The highest BCUT2D eigenvalue weighted by atomic mass is 16.8. The van der Waals surface area contributed by atoms with E-state index in [4.69, 9.17) is 33.2 Å². The van der Waals surface area contributed by atoms with Gasteiger partial charge >= 0.3 is 11.9 Å². The van der Waals surface area contributed by atoms with Crippen molar-refractivity contribution in [2.75, 3.05) is 26.9 Å². The molecular formula is C29H42O14. The van der Waals surface area contributed by atoms with E-state index in [0.29, 0.717) is 25.9 Å². The van der Waals surface area contributed by atoms with Gasteiger partial charge in [0.25, 0.3) is 0 Å². The average Bonchev–Trinajstić information content (AvgIpc) is 3.78. The zero-order valence-electron chi connectivity index (χ0n) is 24.2. The number of aliphatic hydroxyl groups is 5. The first-order valence-corrected chi connectivity index (χ1v) is 14.7. The molecule has 0 amide bonds. The first-order chi connectivity index (χ1) is 20.6. The van der Waals surface area contributed by atoms with E-state index in [2.05, 4.69) is 6.58 Å². The number of hydrogen-bond donors (Lipinski definition) is 5. The molecule has 0 radical (unpaired) electrons. The lowest BCUT2D eigenvalue weighted by Gasteiger charge is -2.43. The topological polar surface area (TPSA) is 203 Å². The molecule has 14 nitrogen and oxygen atoms in total. The van der Waals surface area contributed by atoms with Crippen molar-refractivity contribution in [2.24, 2.45) is 35.5 Å². The highest BCUT2D eigenvalue weighted by molar-refractivity contribution is 5.89. The van der Waals surface area contributed by atoms with Crippen LogP contribution in [0.4, 0.5) is 0 Å². The average molecular weight is 615 g/mol. The van der Waals surface area contributed by atoms with Gasteiger partial charge in [0.1, 0.15) is 36.4 Å². The normalized spacial score (nSPS) is 45.7. The maximum atomic E-state index is 13.7. The van der Waals surface area contributed by atoms with E-state index in [1.54, 1.807) is 6.08 Å². The molecule has 4 aliphatic heterocycles. The zero-order chi connectivity index (χ0) is 31.0. The minimum Gasteiger partial charge on any atom is -0.471 e. The van der Waals surface area contributed by atoms with Crippen molar-refractivity contribution >= 4 is 11.9 Å². The van der Waals surface area contributed by atoms with Crippen LogP contribution in [-0.2, 0) is 42.7 Å². The van der Waals surface area contributed by atoms with E-state index in [1.807, 2.05) is 6.92 Å². The Labute approximate surface area is 249 Å². The molecule has 15 unspecified atom stereocenters. The van der Waals surface area contributed by atoms with Gasteiger partial charge in [0.2, 0.25) is 6.29 Å². The van der Waals surface area contributed by atoms with Crippen LogP contribution in [0.3, 0.4) is 0 Å². The van der Waals surface area contributed by atoms with E-state index < -0.39 is 85.7 Å². The third-order valence-corrected chi connectivity index (χ3v) is 9.61. The van der Waals surface area contributed by atoms with E-state index in [9.17, 15) is 35.1 Å². The van der Waals surface area contributed by atoms with Gasteiger partial charge in [0, 0.05) is 11.8 Å². The summed E-state index contributed by atoms with van der Waals surface area (Å²) in [7, 11) is 1.25. The number of aliphatic hydroxyl groups excluding tert-OH is 5. The summed E-state index contributed by atoms with van der Waals surface area (Å²) in [6, 6.07) is 0. The number of methoxy groups -OCH3 is 1. The molecule has 4 fully saturated rings. The van der Waals surface area contributed by atoms with Crippen LogP contribution < -0.4 is 0 Å². The lowest BCUT2D eigenvalue weighted by Crippen LogP contribution is -2.60. The SMILES string of the molecule is C=CC1C(OC2OC(CO)C(O)C(O)C2O)OC=C(C(=O)OC2CC3C(COC(O)C3C(=O)OC)C2C)C1CCC1CO1. The molecule has 5 aliphatic rings. The minimum absolute atomic E-state index is 0.0649. The lowest BCUT2D eigenvalue weighted by molar-refractivity contribution is -0.339. The summed E-state index contributed by atoms with van der Waals surface area (Å²) in [6.07, 6.45) is -5.99. The minimum atomic E-state index is -1.63. The summed E-state index contributed by atoms with van der Waals surface area (Å²) in [5.74, 6) is -3.74. The van der Waals surface area contributed by atoms with Gasteiger partial charge in [0.05, 0.1) is 44.9 Å². The molecule has 242 valence electrons. The largest absolute Gasteiger partial charge is 0.471 e. The maximum absolute atomic E-state index is 13.7. The van der Waals surface area contributed by atoms with Gasteiger partial charge in [-0.2, -0.15) is 0 Å².